The first-order valence-corrected chi connectivity index (χ1v) is 11.0. The van der Waals surface area contributed by atoms with Crippen molar-refractivity contribution in [3.05, 3.63) is 21.9 Å². The molecule has 3 rings (SSSR count). The normalized spacial score (nSPS) is 23.4. The highest BCUT2D eigenvalue weighted by Gasteiger charge is 2.29. The van der Waals surface area contributed by atoms with Gasteiger partial charge in [0.1, 0.15) is 6.54 Å². The van der Waals surface area contributed by atoms with Crippen molar-refractivity contribution >= 4 is 35.0 Å². The third kappa shape index (κ3) is 4.91. The van der Waals surface area contributed by atoms with Crippen LogP contribution in [0.4, 0.5) is 0 Å². The fourth-order valence-electron chi connectivity index (χ4n) is 3.30. The SMILES string of the molecule is CCNC(=NCC(=O)N1CCc2sccc2C1)NCC1(C)CCCS1. The fourth-order valence-corrected chi connectivity index (χ4v) is 5.43. The van der Waals surface area contributed by atoms with Gasteiger partial charge in [0.2, 0.25) is 5.91 Å². The van der Waals surface area contributed by atoms with Crippen LogP contribution < -0.4 is 10.6 Å². The molecular formula is C18H28N4OS2. The van der Waals surface area contributed by atoms with Crippen molar-refractivity contribution < 1.29 is 4.79 Å². The summed E-state index contributed by atoms with van der Waals surface area (Å²) >= 11 is 3.82. The number of carbonyl (C=O) groups excluding carboxylic acids is 1. The van der Waals surface area contributed by atoms with E-state index in [1.807, 2.05) is 23.6 Å². The smallest absolute Gasteiger partial charge is 0.244 e. The maximum absolute atomic E-state index is 12.5. The van der Waals surface area contributed by atoms with Gasteiger partial charge >= 0.3 is 0 Å². The standard InChI is InChI=1S/C18H28N4OS2/c1-3-19-17(21-13-18(2)7-4-9-25-18)20-11-16(23)22-8-5-15-14(12-22)6-10-24-15/h6,10H,3-5,7-9,11-13H2,1-2H3,(H2,19,20,21). The summed E-state index contributed by atoms with van der Waals surface area (Å²) < 4.78 is 0.280. The Morgan fingerprint density at radius 2 is 2.32 bits per heavy atom. The number of fused-ring (bicyclic) bond motifs is 1. The maximum atomic E-state index is 12.5. The Bertz CT molecular complexity index is 622. The lowest BCUT2D eigenvalue weighted by molar-refractivity contribution is -0.130. The third-order valence-electron chi connectivity index (χ3n) is 4.81. The topological polar surface area (TPSA) is 56.7 Å². The molecule has 1 atom stereocenters. The number of amides is 1. The van der Waals surface area contributed by atoms with E-state index in [1.54, 1.807) is 11.3 Å². The number of aliphatic imine (C=N–C) groups is 1. The molecule has 0 radical (unpaired) electrons. The minimum Gasteiger partial charge on any atom is -0.357 e. The summed E-state index contributed by atoms with van der Waals surface area (Å²) in [6.45, 7) is 7.78. The van der Waals surface area contributed by atoms with Crippen molar-refractivity contribution in [3.63, 3.8) is 0 Å². The van der Waals surface area contributed by atoms with E-state index in [0.29, 0.717) is 0 Å². The predicted octanol–water partition coefficient (Wildman–Crippen LogP) is 2.47. The van der Waals surface area contributed by atoms with Crippen LogP contribution in [0.2, 0.25) is 0 Å². The first-order chi connectivity index (χ1) is 12.1. The molecule has 0 spiro atoms. The average molecular weight is 381 g/mol. The highest BCUT2D eigenvalue weighted by molar-refractivity contribution is 8.00. The highest BCUT2D eigenvalue weighted by atomic mass is 32.2. The predicted molar refractivity (Wildman–Crippen MR) is 108 cm³/mol. The van der Waals surface area contributed by atoms with Crippen LogP contribution in [-0.4, -0.2) is 53.4 Å². The van der Waals surface area contributed by atoms with Crippen LogP contribution in [0.5, 0.6) is 0 Å². The molecule has 1 saturated heterocycles. The Morgan fingerprint density at radius 3 is 3.08 bits per heavy atom. The maximum Gasteiger partial charge on any atom is 0.244 e. The molecule has 1 fully saturated rings. The van der Waals surface area contributed by atoms with Gasteiger partial charge in [-0.15, -0.1) is 11.3 Å². The highest BCUT2D eigenvalue weighted by Crippen LogP contribution is 2.36. The lowest BCUT2D eigenvalue weighted by atomic mass is 10.1. The summed E-state index contributed by atoms with van der Waals surface area (Å²) in [6, 6.07) is 2.13. The molecule has 3 heterocycles. The third-order valence-corrected chi connectivity index (χ3v) is 7.37. The van der Waals surface area contributed by atoms with Gasteiger partial charge in [0.25, 0.3) is 0 Å². The van der Waals surface area contributed by atoms with Gasteiger partial charge in [-0.25, -0.2) is 4.99 Å². The van der Waals surface area contributed by atoms with Gasteiger partial charge in [0, 0.05) is 35.8 Å². The zero-order chi connectivity index (χ0) is 17.7. The van der Waals surface area contributed by atoms with E-state index < -0.39 is 0 Å². The molecule has 7 heteroatoms. The minimum absolute atomic E-state index is 0.107. The van der Waals surface area contributed by atoms with E-state index in [0.717, 1.165) is 38.6 Å². The van der Waals surface area contributed by atoms with Gasteiger partial charge in [-0.1, -0.05) is 0 Å². The van der Waals surface area contributed by atoms with Crippen LogP contribution in [0, 0.1) is 0 Å². The largest absolute Gasteiger partial charge is 0.357 e. The molecule has 1 aromatic heterocycles. The second kappa shape index (κ2) is 8.45. The average Bonchev–Trinajstić information content (AvgIpc) is 3.25. The Hall–Kier alpha value is -1.21. The number of nitrogens with one attached hydrogen (secondary N) is 2. The minimum atomic E-state index is 0.107. The van der Waals surface area contributed by atoms with Gasteiger partial charge in [-0.2, -0.15) is 11.8 Å². The summed E-state index contributed by atoms with van der Waals surface area (Å²) in [4.78, 5) is 20.4. The summed E-state index contributed by atoms with van der Waals surface area (Å²) in [5, 5.41) is 8.79. The van der Waals surface area contributed by atoms with Crippen molar-refractivity contribution in [2.24, 2.45) is 4.99 Å². The van der Waals surface area contributed by atoms with E-state index in [4.69, 9.17) is 0 Å². The summed E-state index contributed by atoms with van der Waals surface area (Å²) in [5.74, 6) is 2.09. The van der Waals surface area contributed by atoms with Crippen LogP contribution in [0.25, 0.3) is 0 Å². The molecule has 25 heavy (non-hydrogen) atoms. The number of guanidine groups is 1. The zero-order valence-electron chi connectivity index (χ0n) is 15.1. The Balaban J connectivity index is 1.53. The number of hydrogen-bond donors (Lipinski definition) is 2. The molecule has 2 N–H and O–H groups in total. The van der Waals surface area contributed by atoms with Crippen LogP contribution in [-0.2, 0) is 17.8 Å². The monoisotopic (exact) mass is 380 g/mol. The second-order valence-electron chi connectivity index (χ2n) is 6.88. The molecule has 138 valence electrons. The van der Waals surface area contributed by atoms with Crippen molar-refractivity contribution in [1.29, 1.82) is 0 Å². The van der Waals surface area contributed by atoms with Gasteiger partial charge in [-0.3, -0.25) is 4.79 Å². The lowest BCUT2D eigenvalue weighted by Crippen LogP contribution is -2.44. The van der Waals surface area contributed by atoms with Crippen molar-refractivity contribution in [2.75, 3.05) is 31.9 Å². The number of nitrogens with zero attached hydrogens (tertiary/aromatic N) is 2. The van der Waals surface area contributed by atoms with E-state index in [-0.39, 0.29) is 17.2 Å². The van der Waals surface area contributed by atoms with Gasteiger partial charge < -0.3 is 15.5 Å². The van der Waals surface area contributed by atoms with Crippen LogP contribution in [0.3, 0.4) is 0 Å². The van der Waals surface area contributed by atoms with E-state index in [9.17, 15) is 4.79 Å². The van der Waals surface area contributed by atoms with Crippen LogP contribution in [0.15, 0.2) is 16.4 Å². The van der Waals surface area contributed by atoms with Gasteiger partial charge in [0.05, 0.1) is 0 Å². The van der Waals surface area contributed by atoms with Crippen molar-refractivity contribution in [1.82, 2.24) is 15.5 Å². The van der Waals surface area contributed by atoms with Crippen molar-refractivity contribution in [2.45, 2.75) is 44.4 Å². The molecule has 0 aromatic carbocycles. The summed E-state index contributed by atoms with van der Waals surface area (Å²) in [7, 11) is 0. The lowest BCUT2D eigenvalue weighted by Gasteiger charge is -2.27. The molecule has 0 bridgehead atoms. The Morgan fingerprint density at radius 1 is 1.44 bits per heavy atom. The van der Waals surface area contributed by atoms with E-state index in [2.05, 4.69) is 34.0 Å². The number of thioether (sulfide) groups is 1. The number of rotatable bonds is 5. The number of hydrogen-bond acceptors (Lipinski definition) is 4. The van der Waals surface area contributed by atoms with E-state index in [1.165, 1.54) is 29.0 Å². The Labute approximate surface area is 158 Å². The fraction of sp³-hybridized carbons (Fsp3) is 0.667. The van der Waals surface area contributed by atoms with Gasteiger partial charge in [0.15, 0.2) is 5.96 Å². The molecule has 0 saturated carbocycles. The van der Waals surface area contributed by atoms with Gasteiger partial charge in [-0.05, 0) is 55.9 Å². The molecule has 0 aliphatic carbocycles. The zero-order valence-corrected chi connectivity index (χ0v) is 16.8. The molecule has 1 aromatic rings. The number of carbonyl (C=O) groups is 1. The number of thiophene rings is 1. The van der Waals surface area contributed by atoms with Crippen molar-refractivity contribution in [3.8, 4) is 0 Å². The molecule has 2 aliphatic rings. The molecule has 1 amide bonds. The van der Waals surface area contributed by atoms with Crippen LogP contribution >= 0.6 is 23.1 Å². The first-order valence-electron chi connectivity index (χ1n) is 9.09. The second-order valence-corrected chi connectivity index (χ2v) is 9.57. The van der Waals surface area contributed by atoms with Crippen LogP contribution in [0.1, 0.15) is 37.1 Å². The molecular weight excluding hydrogens is 352 g/mol. The summed E-state index contributed by atoms with van der Waals surface area (Å²) in [5.41, 5.74) is 1.30. The quantitative estimate of drug-likeness (QED) is 0.609. The first kappa shape index (κ1) is 18.6. The molecule has 1 unspecified atom stereocenters. The Kier molecular flexibility index (Phi) is 6.28. The molecule has 2 aliphatic heterocycles. The summed E-state index contributed by atoms with van der Waals surface area (Å²) in [6.07, 6.45) is 3.49. The van der Waals surface area contributed by atoms with E-state index >= 15 is 0 Å². The molecule has 5 nitrogen and oxygen atoms in total.